The highest BCUT2D eigenvalue weighted by atomic mass is 35.5. The number of anilines is 1. The zero-order valence-electron chi connectivity index (χ0n) is 13.2. The van der Waals surface area contributed by atoms with E-state index in [0.29, 0.717) is 21.3 Å². The lowest BCUT2D eigenvalue weighted by molar-refractivity contribution is 0.108. The second kappa shape index (κ2) is 7.78. The van der Waals surface area contributed by atoms with Crippen LogP contribution in [0.3, 0.4) is 0 Å². The zero-order valence-corrected chi connectivity index (χ0v) is 15.5. The molecule has 2 aromatic carbocycles. The van der Waals surface area contributed by atoms with Crippen LogP contribution in [-0.2, 0) is 0 Å². The smallest absolute Gasteiger partial charge is 0.253 e. The van der Waals surface area contributed by atoms with Gasteiger partial charge in [-0.3, -0.25) is 4.79 Å². The van der Waals surface area contributed by atoms with Gasteiger partial charge in [-0.25, -0.2) is 9.99 Å². The Kier molecular flexibility index (Phi) is 5.48. The van der Waals surface area contributed by atoms with Crippen molar-refractivity contribution in [1.29, 1.82) is 0 Å². The van der Waals surface area contributed by atoms with E-state index in [0.717, 1.165) is 11.3 Å². The van der Waals surface area contributed by atoms with Crippen molar-refractivity contribution in [3.05, 3.63) is 70.1 Å². The number of carbonyl (C=O) groups excluding carboxylic acids is 1. The van der Waals surface area contributed by atoms with Gasteiger partial charge in [-0.05, 0) is 23.7 Å². The van der Waals surface area contributed by atoms with E-state index in [4.69, 9.17) is 23.2 Å². The number of hydrogen-bond acceptors (Lipinski definition) is 5. The van der Waals surface area contributed by atoms with Gasteiger partial charge in [-0.1, -0.05) is 48.0 Å². The Bertz CT molecular complexity index is 939. The summed E-state index contributed by atoms with van der Waals surface area (Å²) in [6, 6.07) is 14.6. The molecule has 0 radical (unpaired) electrons. The van der Waals surface area contributed by atoms with Gasteiger partial charge in [0, 0.05) is 34.1 Å². The van der Waals surface area contributed by atoms with E-state index in [1.807, 2.05) is 35.7 Å². The first-order valence-electron chi connectivity index (χ1n) is 7.33. The molecule has 4 nitrogen and oxygen atoms in total. The van der Waals surface area contributed by atoms with Crippen LogP contribution in [-0.4, -0.2) is 23.5 Å². The highest BCUT2D eigenvalue weighted by Gasteiger charge is 2.11. The third-order valence-electron chi connectivity index (χ3n) is 3.46. The van der Waals surface area contributed by atoms with Crippen LogP contribution in [0, 0.1) is 0 Å². The number of aromatic nitrogens is 1. The lowest BCUT2D eigenvalue weighted by atomic mass is 10.1. The Balaban J connectivity index is 1.82. The highest BCUT2D eigenvalue weighted by molar-refractivity contribution is 7.14. The fourth-order valence-corrected chi connectivity index (χ4v) is 3.34. The van der Waals surface area contributed by atoms with Gasteiger partial charge in [-0.2, -0.15) is 5.10 Å². The minimum absolute atomic E-state index is 0.414. The standard InChI is InChI=1S/C18H13Cl2N3OS/c1-23(21-10-12-6-2-3-7-13(12)17(20)24)18-22-16(11-25-18)14-8-4-5-9-15(14)19/h2-11H,1H3/b21-10+. The number of thiazole rings is 1. The molecule has 0 N–H and O–H groups in total. The van der Waals surface area contributed by atoms with E-state index in [-0.39, 0.29) is 0 Å². The summed E-state index contributed by atoms with van der Waals surface area (Å²) in [7, 11) is 1.79. The molecule has 0 aliphatic heterocycles. The largest absolute Gasteiger partial charge is 0.276 e. The van der Waals surface area contributed by atoms with E-state index in [9.17, 15) is 4.79 Å². The molecule has 0 saturated carbocycles. The van der Waals surface area contributed by atoms with E-state index < -0.39 is 5.24 Å². The molecule has 0 spiro atoms. The van der Waals surface area contributed by atoms with Crippen LogP contribution in [0.4, 0.5) is 5.13 Å². The second-order valence-electron chi connectivity index (χ2n) is 5.12. The molecule has 3 aromatic rings. The first-order chi connectivity index (χ1) is 12.1. The van der Waals surface area contributed by atoms with Gasteiger partial charge >= 0.3 is 0 Å². The summed E-state index contributed by atoms with van der Waals surface area (Å²) in [5.41, 5.74) is 2.74. The van der Waals surface area contributed by atoms with E-state index in [1.165, 1.54) is 11.3 Å². The molecule has 0 atom stereocenters. The summed E-state index contributed by atoms with van der Waals surface area (Å²) in [6.07, 6.45) is 1.59. The maximum absolute atomic E-state index is 11.4. The molecular formula is C18H13Cl2N3OS. The van der Waals surface area contributed by atoms with Crippen LogP contribution in [0.1, 0.15) is 15.9 Å². The van der Waals surface area contributed by atoms with E-state index >= 15 is 0 Å². The fraction of sp³-hybridized carbons (Fsp3) is 0.0556. The maximum Gasteiger partial charge on any atom is 0.253 e. The Morgan fingerprint density at radius 2 is 1.92 bits per heavy atom. The minimum Gasteiger partial charge on any atom is -0.276 e. The van der Waals surface area contributed by atoms with Crippen molar-refractivity contribution < 1.29 is 4.79 Å². The Morgan fingerprint density at radius 3 is 2.68 bits per heavy atom. The van der Waals surface area contributed by atoms with Crippen LogP contribution >= 0.6 is 34.5 Å². The van der Waals surface area contributed by atoms with Crippen molar-refractivity contribution in [2.24, 2.45) is 5.10 Å². The molecule has 0 aliphatic carbocycles. The van der Waals surface area contributed by atoms with Crippen molar-refractivity contribution in [2.75, 3.05) is 12.1 Å². The molecule has 0 bridgehead atoms. The number of hydrazone groups is 1. The van der Waals surface area contributed by atoms with Crippen molar-refractivity contribution in [2.45, 2.75) is 0 Å². The molecule has 126 valence electrons. The molecule has 7 heteroatoms. The minimum atomic E-state index is -0.514. The first-order valence-corrected chi connectivity index (χ1v) is 8.97. The molecule has 0 fully saturated rings. The molecule has 1 heterocycles. The average Bonchev–Trinajstić information content (AvgIpc) is 3.10. The summed E-state index contributed by atoms with van der Waals surface area (Å²) in [5.74, 6) is 0. The molecule has 3 rings (SSSR count). The third-order valence-corrected chi connectivity index (χ3v) is 4.90. The number of halogens is 2. The molecular weight excluding hydrogens is 377 g/mol. The predicted molar refractivity (Wildman–Crippen MR) is 105 cm³/mol. The summed E-state index contributed by atoms with van der Waals surface area (Å²) < 4.78 is 0. The summed E-state index contributed by atoms with van der Waals surface area (Å²) in [4.78, 5) is 16.0. The van der Waals surface area contributed by atoms with Crippen molar-refractivity contribution in [3.63, 3.8) is 0 Å². The van der Waals surface area contributed by atoms with Crippen LogP contribution in [0.2, 0.25) is 5.02 Å². The zero-order chi connectivity index (χ0) is 17.8. The number of benzene rings is 2. The topological polar surface area (TPSA) is 45.6 Å². The van der Waals surface area contributed by atoms with E-state index in [1.54, 1.807) is 36.5 Å². The number of rotatable bonds is 5. The Hall–Kier alpha value is -2.21. The summed E-state index contributed by atoms with van der Waals surface area (Å²) >= 11 is 13.3. The molecule has 1 aromatic heterocycles. The van der Waals surface area contributed by atoms with Crippen LogP contribution in [0.25, 0.3) is 11.3 Å². The van der Waals surface area contributed by atoms with Gasteiger partial charge in [-0.15, -0.1) is 11.3 Å². The van der Waals surface area contributed by atoms with Gasteiger partial charge in [0.1, 0.15) is 0 Å². The molecule has 25 heavy (non-hydrogen) atoms. The lowest BCUT2D eigenvalue weighted by Crippen LogP contribution is -2.09. The second-order valence-corrected chi connectivity index (χ2v) is 6.71. The fourth-order valence-electron chi connectivity index (χ4n) is 2.19. The normalized spacial score (nSPS) is 11.0. The van der Waals surface area contributed by atoms with Crippen molar-refractivity contribution in [3.8, 4) is 11.3 Å². The Morgan fingerprint density at radius 1 is 1.20 bits per heavy atom. The monoisotopic (exact) mass is 389 g/mol. The third kappa shape index (κ3) is 4.07. The number of nitrogens with zero attached hydrogens (tertiary/aromatic N) is 3. The number of carbonyl (C=O) groups is 1. The molecule has 0 amide bonds. The quantitative estimate of drug-likeness (QED) is 0.337. The number of hydrogen-bond donors (Lipinski definition) is 0. The lowest BCUT2D eigenvalue weighted by Gasteiger charge is -2.08. The van der Waals surface area contributed by atoms with Gasteiger partial charge in [0.2, 0.25) is 5.13 Å². The molecule has 0 unspecified atom stereocenters. The van der Waals surface area contributed by atoms with Crippen LogP contribution in [0.15, 0.2) is 59.0 Å². The molecule has 0 aliphatic rings. The van der Waals surface area contributed by atoms with Gasteiger partial charge in [0.05, 0.1) is 11.9 Å². The first kappa shape index (κ1) is 17.6. The molecule has 0 saturated heterocycles. The summed E-state index contributed by atoms with van der Waals surface area (Å²) in [5, 5.41) is 8.77. The van der Waals surface area contributed by atoms with Crippen LogP contribution in [0.5, 0.6) is 0 Å². The van der Waals surface area contributed by atoms with Crippen molar-refractivity contribution >= 4 is 51.1 Å². The predicted octanol–water partition coefficient (Wildman–Crippen LogP) is 5.31. The van der Waals surface area contributed by atoms with Gasteiger partial charge < -0.3 is 0 Å². The summed E-state index contributed by atoms with van der Waals surface area (Å²) in [6.45, 7) is 0. The maximum atomic E-state index is 11.4. The highest BCUT2D eigenvalue weighted by Crippen LogP contribution is 2.31. The van der Waals surface area contributed by atoms with Gasteiger partial charge in [0.25, 0.3) is 5.24 Å². The SMILES string of the molecule is CN(/N=C/c1ccccc1C(=O)Cl)c1nc(-c2ccccc2Cl)cs1. The van der Waals surface area contributed by atoms with E-state index in [2.05, 4.69) is 10.1 Å². The Labute approximate surface area is 159 Å². The van der Waals surface area contributed by atoms with Crippen LogP contribution < -0.4 is 5.01 Å². The van der Waals surface area contributed by atoms with Gasteiger partial charge in [0.15, 0.2) is 0 Å². The van der Waals surface area contributed by atoms with Crippen molar-refractivity contribution in [1.82, 2.24) is 4.98 Å². The average molecular weight is 390 g/mol.